The molecular formula is C23H16O4. The van der Waals surface area contributed by atoms with Gasteiger partial charge in [0, 0.05) is 5.39 Å². The molecule has 0 heterocycles. The van der Waals surface area contributed by atoms with Crippen molar-refractivity contribution in [2.75, 3.05) is 0 Å². The van der Waals surface area contributed by atoms with E-state index in [0.717, 1.165) is 16.5 Å². The van der Waals surface area contributed by atoms with Crippen molar-refractivity contribution in [2.24, 2.45) is 0 Å². The van der Waals surface area contributed by atoms with E-state index in [-0.39, 0.29) is 0 Å². The minimum atomic E-state index is -0.789. The average Bonchev–Trinajstić information content (AvgIpc) is 2.71. The van der Waals surface area contributed by atoms with Crippen molar-refractivity contribution in [2.45, 2.75) is 0 Å². The van der Waals surface area contributed by atoms with E-state index in [2.05, 4.69) is 0 Å². The third-order valence-corrected chi connectivity index (χ3v) is 3.95. The molecule has 4 rings (SSSR count). The number of fused-ring (bicyclic) bond motifs is 1. The first kappa shape index (κ1) is 16.7. The van der Waals surface area contributed by atoms with Gasteiger partial charge in [-0.3, -0.25) is 0 Å². The predicted molar refractivity (Wildman–Crippen MR) is 104 cm³/mol. The monoisotopic (exact) mass is 356 g/mol. The molecule has 0 atom stereocenters. The topological polar surface area (TPSA) is 44.8 Å². The number of benzene rings is 4. The van der Waals surface area contributed by atoms with Crippen LogP contribution in [0, 0.1) is 0 Å². The lowest BCUT2D eigenvalue weighted by atomic mass is 10.1. The molecule has 0 fully saturated rings. The van der Waals surface area contributed by atoms with Crippen LogP contribution in [0.2, 0.25) is 0 Å². The van der Waals surface area contributed by atoms with Crippen LogP contribution >= 0.6 is 0 Å². The smallest absolute Gasteiger partial charge is 0.457 e. The number of rotatable bonds is 4. The largest absolute Gasteiger partial charge is 0.519 e. The van der Waals surface area contributed by atoms with Crippen molar-refractivity contribution in [3.05, 3.63) is 97.1 Å². The summed E-state index contributed by atoms with van der Waals surface area (Å²) in [5, 5.41) is 1.84. The highest BCUT2D eigenvalue weighted by atomic mass is 16.7. The number of carbonyl (C=O) groups is 1. The molecule has 4 aromatic carbocycles. The van der Waals surface area contributed by atoms with Gasteiger partial charge in [0.25, 0.3) is 0 Å². The Morgan fingerprint density at radius 1 is 0.556 bits per heavy atom. The van der Waals surface area contributed by atoms with Crippen molar-refractivity contribution in [3.63, 3.8) is 0 Å². The normalized spacial score (nSPS) is 10.4. The molecular weight excluding hydrogens is 340 g/mol. The molecule has 4 heteroatoms. The minimum absolute atomic E-state index is 0.376. The Kier molecular flexibility index (Phi) is 4.70. The van der Waals surface area contributed by atoms with Gasteiger partial charge in [-0.2, -0.15) is 0 Å². The summed E-state index contributed by atoms with van der Waals surface area (Å²) in [4.78, 5) is 12.1. The fourth-order valence-electron chi connectivity index (χ4n) is 2.69. The Labute approximate surface area is 156 Å². The van der Waals surface area contributed by atoms with Gasteiger partial charge in [0.15, 0.2) is 0 Å². The summed E-state index contributed by atoms with van der Waals surface area (Å²) in [6, 6.07) is 29.4. The average molecular weight is 356 g/mol. The summed E-state index contributed by atoms with van der Waals surface area (Å²) in [6.45, 7) is 0. The molecule has 0 saturated heterocycles. The summed E-state index contributed by atoms with van der Waals surface area (Å²) >= 11 is 0. The van der Waals surface area contributed by atoms with Gasteiger partial charge in [0.1, 0.15) is 23.0 Å². The predicted octanol–water partition coefficient (Wildman–Crippen LogP) is 6.21. The molecule has 0 unspecified atom stereocenters. The van der Waals surface area contributed by atoms with Gasteiger partial charge in [0.05, 0.1) is 0 Å². The van der Waals surface area contributed by atoms with Gasteiger partial charge in [-0.25, -0.2) is 4.79 Å². The van der Waals surface area contributed by atoms with Crippen molar-refractivity contribution in [1.82, 2.24) is 0 Å². The SMILES string of the molecule is O=C(Oc1ccc(Oc2ccccc2)cc1)Oc1cccc2ccccc12. The number of para-hydroxylation sites is 1. The van der Waals surface area contributed by atoms with Gasteiger partial charge >= 0.3 is 6.16 Å². The number of ether oxygens (including phenoxy) is 3. The first-order valence-corrected chi connectivity index (χ1v) is 8.48. The third kappa shape index (κ3) is 4.07. The molecule has 0 radical (unpaired) electrons. The van der Waals surface area contributed by atoms with E-state index in [1.807, 2.05) is 66.7 Å². The number of hydrogen-bond acceptors (Lipinski definition) is 4. The van der Waals surface area contributed by atoms with Crippen LogP contribution in [0.1, 0.15) is 0 Å². The number of carbonyl (C=O) groups excluding carboxylic acids is 1. The van der Waals surface area contributed by atoms with Gasteiger partial charge in [0.2, 0.25) is 0 Å². The lowest BCUT2D eigenvalue weighted by Crippen LogP contribution is -2.13. The fourth-order valence-corrected chi connectivity index (χ4v) is 2.69. The summed E-state index contributed by atoms with van der Waals surface area (Å²) in [5.74, 6) is 2.22. The van der Waals surface area contributed by atoms with E-state index < -0.39 is 6.16 Å². The van der Waals surface area contributed by atoms with E-state index in [9.17, 15) is 4.79 Å². The van der Waals surface area contributed by atoms with Crippen LogP contribution in [-0.4, -0.2) is 6.16 Å². The molecule has 0 spiro atoms. The first-order valence-electron chi connectivity index (χ1n) is 8.48. The fraction of sp³-hybridized carbons (Fsp3) is 0. The van der Waals surface area contributed by atoms with Gasteiger partial charge in [-0.15, -0.1) is 0 Å². The maximum atomic E-state index is 12.1. The highest BCUT2D eigenvalue weighted by Gasteiger charge is 2.10. The van der Waals surface area contributed by atoms with E-state index in [1.54, 1.807) is 30.3 Å². The molecule has 0 aliphatic heterocycles. The van der Waals surface area contributed by atoms with E-state index in [4.69, 9.17) is 14.2 Å². The molecule has 0 N–H and O–H groups in total. The Hall–Kier alpha value is -3.79. The Bertz CT molecular complexity index is 1050. The van der Waals surface area contributed by atoms with Crippen LogP contribution in [0.3, 0.4) is 0 Å². The van der Waals surface area contributed by atoms with Gasteiger partial charge in [-0.1, -0.05) is 54.6 Å². The summed E-state index contributed by atoms with van der Waals surface area (Å²) in [6.07, 6.45) is -0.789. The second-order valence-corrected chi connectivity index (χ2v) is 5.82. The molecule has 132 valence electrons. The third-order valence-electron chi connectivity index (χ3n) is 3.95. The second kappa shape index (κ2) is 7.62. The van der Waals surface area contributed by atoms with Crippen molar-refractivity contribution in [3.8, 4) is 23.0 Å². The minimum Gasteiger partial charge on any atom is -0.457 e. The lowest BCUT2D eigenvalue weighted by Gasteiger charge is -2.09. The Morgan fingerprint density at radius 2 is 1.19 bits per heavy atom. The highest BCUT2D eigenvalue weighted by Crippen LogP contribution is 2.27. The molecule has 0 saturated carbocycles. The second-order valence-electron chi connectivity index (χ2n) is 5.82. The Balaban J connectivity index is 1.42. The first-order chi connectivity index (χ1) is 13.3. The zero-order valence-electron chi connectivity index (χ0n) is 14.4. The van der Waals surface area contributed by atoms with Crippen LogP contribution in [0.15, 0.2) is 97.1 Å². The molecule has 0 bridgehead atoms. The highest BCUT2D eigenvalue weighted by molar-refractivity contribution is 5.89. The lowest BCUT2D eigenvalue weighted by molar-refractivity contribution is 0.152. The maximum Gasteiger partial charge on any atom is 0.519 e. The standard InChI is InChI=1S/C23H16O4/c24-23(27-22-12-6-8-17-7-4-5-11-21(17)22)26-20-15-13-19(14-16-20)25-18-9-2-1-3-10-18/h1-16H. The molecule has 4 nitrogen and oxygen atoms in total. The van der Waals surface area contributed by atoms with Crippen LogP contribution in [0.5, 0.6) is 23.0 Å². The van der Waals surface area contributed by atoms with Crippen LogP contribution in [0.4, 0.5) is 4.79 Å². The summed E-state index contributed by atoms with van der Waals surface area (Å²) in [5.41, 5.74) is 0. The molecule has 4 aromatic rings. The zero-order chi connectivity index (χ0) is 18.5. The van der Waals surface area contributed by atoms with Crippen LogP contribution in [0.25, 0.3) is 10.8 Å². The number of hydrogen-bond donors (Lipinski definition) is 0. The quantitative estimate of drug-likeness (QED) is 0.322. The Morgan fingerprint density at radius 3 is 2.00 bits per heavy atom. The molecule has 0 amide bonds. The summed E-state index contributed by atoms with van der Waals surface area (Å²) < 4.78 is 16.3. The van der Waals surface area contributed by atoms with Crippen LogP contribution < -0.4 is 14.2 Å². The molecule has 0 aromatic heterocycles. The van der Waals surface area contributed by atoms with E-state index in [0.29, 0.717) is 17.2 Å². The van der Waals surface area contributed by atoms with Gasteiger partial charge < -0.3 is 14.2 Å². The van der Waals surface area contributed by atoms with Crippen molar-refractivity contribution < 1.29 is 19.0 Å². The van der Waals surface area contributed by atoms with Crippen molar-refractivity contribution in [1.29, 1.82) is 0 Å². The summed E-state index contributed by atoms with van der Waals surface area (Å²) in [7, 11) is 0. The molecule has 0 aliphatic carbocycles. The van der Waals surface area contributed by atoms with E-state index in [1.165, 1.54) is 0 Å². The van der Waals surface area contributed by atoms with Crippen molar-refractivity contribution >= 4 is 16.9 Å². The molecule has 27 heavy (non-hydrogen) atoms. The van der Waals surface area contributed by atoms with E-state index >= 15 is 0 Å². The maximum absolute atomic E-state index is 12.1. The van der Waals surface area contributed by atoms with Crippen LogP contribution in [-0.2, 0) is 0 Å². The zero-order valence-corrected chi connectivity index (χ0v) is 14.4. The molecule has 0 aliphatic rings. The van der Waals surface area contributed by atoms with Gasteiger partial charge in [-0.05, 0) is 47.9 Å².